The quantitative estimate of drug-likeness (QED) is 0.0571. The van der Waals surface area contributed by atoms with Crippen molar-refractivity contribution in [1.29, 1.82) is 0 Å². The molecule has 0 aromatic heterocycles. The van der Waals surface area contributed by atoms with E-state index in [1.807, 2.05) is 0 Å². The largest absolute Gasteiger partial charge is 0.342 e. The Morgan fingerprint density at radius 3 is 0.950 bits per heavy atom. The highest BCUT2D eigenvalue weighted by atomic mass is 16.2. The molecule has 0 bridgehead atoms. The van der Waals surface area contributed by atoms with Gasteiger partial charge in [-0.1, -0.05) is 221 Å². The van der Waals surface area contributed by atoms with Crippen LogP contribution in [-0.4, -0.2) is 97.5 Å². The molecule has 0 aromatic carbocycles. The van der Waals surface area contributed by atoms with Crippen LogP contribution < -0.4 is 0 Å². The Kier molecular flexibility index (Phi) is 43.0. The molecular weight excluding hydrogens is 733 g/mol. The number of likely N-dealkylation sites (tertiary alicyclic amines) is 1. The van der Waals surface area contributed by atoms with E-state index < -0.39 is 0 Å². The summed E-state index contributed by atoms with van der Waals surface area (Å²) in [6.45, 7) is 23.8. The normalized spacial score (nSPS) is 13.8. The van der Waals surface area contributed by atoms with Gasteiger partial charge in [0.1, 0.15) is 0 Å². The Morgan fingerprint density at radius 2 is 0.617 bits per heavy atom. The van der Waals surface area contributed by atoms with Gasteiger partial charge in [0.2, 0.25) is 5.91 Å². The molecule has 0 spiro atoms. The Balaban J connectivity index is 2.70. The first-order valence-electron chi connectivity index (χ1n) is 28.0. The average molecular weight is 846 g/mol. The molecule has 5 nitrogen and oxygen atoms in total. The van der Waals surface area contributed by atoms with Crippen LogP contribution in [0.5, 0.6) is 0 Å². The summed E-state index contributed by atoms with van der Waals surface area (Å²) in [6.07, 6.45) is 50.6. The van der Waals surface area contributed by atoms with Crippen LogP contribution in [0.25, 0.3) is 0 Å². The van der Waals surface area contributed by atoms with Crippen LogP contribution >= 0.6 is 0 Å². The van der Waals surface area contributed by atoms with E-state index in [4.69, 9.17) is 0 Å². The lowest BCUT2D eigenvalue weighted by Crippen LogP contribution is -2.46. The highest BCUT2D eigenvalue weighted by Crippen LogP contribution is 2.22. The smallest absolute Gasteiger partial charge is 0.236 e. The van der Waals surface area contributed by atoms with Gasteiger partial charge in [-0.3, -0.25) is 9.69 Å². The molecule has 1 heterocycles. The Morgan fingerprint density at radius 1 is 0.350 bits per heavy atom. The third-order valence-electron chi connectivity index (χ3n) is 14.1. The lowest BCUT2D eigenvalue weighted by atomic mass is 9.93. The molecule has 0 aliphatic carbocycles. The van der Waals surface area contributed by atoms with Crippen molar-refractivity contribution in [3.05, 3.63) is 0 Å². The highest BCUT2D eigenvalue weighted by molar-refractivity contribution is 5.78. The molecule has 0 saturated carbocycles. The van der Waals surface area contributed by atoms with Crippen LogP contribution in [0.3, 0.4) is 0 Å². The molecule has 1 aliphatic rings. The molecule has 1 fully saturated rings. The standard InChI is InChI=1S/C55H112N4O/c1-6-11-16-21-26-31-35-43-56(44-36-32-27-22-17-12-7-2)48-40-54-41-49-59(50-42-54)55(60)53-58(47-39-34-29-24-19-14-9-4)52-51-57(45-37-30-25-20-15-10-5)46-38-33-28-23-18-13-8-3/h54H,6-53H2,1-5H3. The molecule has 5 heteroatoms. The van der Waals surface area contributed by atoms with Crippen molar-refractivity contribution >= 4 is 5.91 Å². The highest BCUT2D eigenvalue weighted by Gasteiger charge is 2.25. The van der Waals surface area contributed by atoms with Gasteiger partial charge >= 0.3 is 0 Å². The van der Waals surface area contributed by atoms with Gasteiger partial charge in [0.05, 0.1) is 6.54 Å². The van der Waals surface area contributed by atoms with Crippen LogP contribution in [0.4, 0.5) is 0 Å². The third-order valence-corrected chi connectivity index (χ3v) is 14.1. The maximum absolute atomic E-state index is 14.0. The Labute approximate surface area is 379 Å². The zero-order valence-electron chi connectivity index (χ0n) is 42.2. The first-order chi connectivity index (χ1) is 29.6. The molecule has 1 saturated heterocycles. The van der Waals surface area contributed by atoms with Crippen LogP contribution in [0.1, 0.15) is 272 Å². The van der Waals surface area contributed by atoms with Gasteiger partial charge in [-0.2, -0.15) is 0 Å². The summed E-state index contributed by atoms with van der Waals surface area (Å²) in [5.41, 5.74) is 0. The first-order valence-corrected chi connectivity index (χ1v) is 28.0. The van der Waals surface area contributed by atoms with Gasteiger partial charge in [0.15, 0.2) is 0 Å². The van der Waals surface area contributed by atoms with Crippen molar-refractivity contribution in [2.75, 3.05) is 72.0 Å². The molecule has 0 aromatic rings. The summed E-state index contributed by atoms with van der Waals surface area (Å²) in [5, 5.41) is 0. The van der Waals surface area contributed by atoms with Crippen molar-refractivity contribution in [2.45, 2.75) is 272 Å². The van der Waals surface area contributed by atoms with Crippen LogP contribution in [0.2, 0.25) is 0 Å². The zero-order valence-corrected chi connectivity index (χ0v) is 42.2. The predicted octanol–water partition coefficient (Wildman–Crippen LogP) is 15.9. The van der Waals surface area contributed by atoms with Crippen molar-refractivity contribution in [3.63, 3.8) is 0 Å². The molecule has 1 rings (SSSR count). The number of nitrogens with zero attached hydrogens (tertiary/aromatic N) is 4. The number of hydrogen-bond acceptors (Lipinski definition) is 4. The number of carbonyl (C=O) groups excluding carboxylic acids is 1. The van der Waals surface area contributed by atoms with Crippen molar-refractivity contribution in [2.24, 2.45) is 5.92 Å². The van der Waals surface area contributed by atoms with Gasteiger partial charge < -0.3 is 14.7 Å². The molecule has 0 radical (unpaired) electrons. The second-order valence-electron chi connectivity index (χ2n) is 19.8. The van der Waals surface area contributed by atoms with Crippen LogP contribution in [0.15, 0.2) is 0 Å². The molecule has 1 aliphatic heterocycles. The van der Waals surface area contributed by atoms with Gasteiger partial charge in [0, 0.05) is 26.2 Å². The summed E-state index contributed by atoms with van der Waals surface area (Å²) in [4.78, 5) is 24.4. The fourth-order valence-electron chi connectivity index (χ4n) is 9.64. The van der Waals surface area contributed by atoms with E-state index in [1.54, 1.807) is 0 Å². The molecule has 1 amide bonds. The Bertz CT molecular complexity index is 841. The summed E-state index contributed by atoms with van der Waals surface area (Å²) < 4.78 is 0. The van der Waals surface area contributed by atoms with E-state index in [0.29, 0.717) is 12.5 Å². The molecule has 60 heavy (non-hydrogen) atoms. The number of amides is 1. The van der Waals surface area contributed by atoms with Crippen molar-refractivity contribution < 1.29 is 4.79 Å². The molecule has 0 atom stereocenters. The second-order valence-corrected chi connectivity index (χ2v) is 19.8. The zero-order chi connectivity index (χ0) is 43.4. The number of piperidine rings is 1. The molecule has 0 unspecified atom stereocenters. The lowest BCUT2D eigenvalue weighted by molar-refractivity contribution is -0.134. The minimum atomic E-state index is 0.408. The number of hydrogen-bond donors (Lipinski definition) is 0. The SMILES string of the molecule is CCCCCCCCCN(CCCCCCCCC)CCC1CCN(C(=O)CN(CCCCCCCCC)CCN(CCCCCCCC)CCCCCCCCC)CC1. The van der Waals surface area contributed by atoms with E-state index in [9.17, 15) is 4.79 Å². The average Bonchev–Trinajstić information content (AvgIpc) is 3.26. The number of unbranched alkanes of at least 4 members (excludes halogenated alkanes) is 29. The third kappa shape index (κ3) is 35.8. The maximum atomic E-state index is 14.0. The summed E-state index contributed by atoms with van der Waals surface area (Å²) in [7, 11) is 0. The van der Waals surface area contributed by atoms with Gasteiger partial charge in [-0.25, -0.2) is 0 Å². The van der Waals surface area contributed by atoms with E-state index >= 15 is 0 Å². The molecule has 358 valence electrons. The minimum absolute atomic E-state index is 0.408. The summed E-state index contributed by atoms with van der Waals surface area (Å²) in [5.74, 6) is 1.19. The number of carbonyl (C=O) groups is 1. The fourth-order valence-corrected chi connectivity index (χ4v) is 9.64. The topological polar surface area (TPSA) is 30.0 Å². The van der Waals surface area contributed by atoms with Gasteiger partial charge in [0.25, 0.3) is 0 Å². The van der Waals surface area contributed by atoms with E-state index in [0.717, 1.165) is 38.6 Å². The Hall–Kier alpha value is -0.650. The monoisotopic (exact) mass is 845 g/mol. The first kappa shape index (κ1) is 57.4. The maximum Gasteiger partial charge on any atom is 0.236 e. The predicted molar refractivity (Wildman–Crippen MR) is 269 cm³/mol. The number of rotatable bonds is 47. The van der Waals surface area contributed by atoms with Gasteiger partial charge in [-0.05, 0) is 96.6 Å². The summed E-state index contributed by atoms with van der Waals surface area (Å²) in [6, 6.07) is 0. The molecule has 0 N–H and O–H groups in total. The van der Waals surface area contributed by atoms with Crippen molar-refractivity contribution in [3.8, 4) is 0 Å². The lowest BCUT2D eigenvalue weighted by Gasteiger charge is -2.35. The van der Waals surface area contributed by atoms with Gasteiger partial charge in [-0.15, -0.1) is 0 Å². The molecular formula is C55H112N4O. The van der Waals surface area contributed by atoms with E-state index in [-0.39, 0.29) is 0 Å². The van der Waals surface area contributed by atoms with Crippen LogP contribution in [-0.2, 0) is 4.79 Å². The van der Waals surface area contributed by atoms with Crippen LogP contribution in [0, 0.1) is 5.92 Å². The van der Waals surface area contributed by atoms with E-state index in [2.05, 4.69) is 54.2 Å². The van der Waals surface area contributed by atoms with Crippen molar-refractivity contribution in [1.82, 2.24) is 19.6 Å². The fraction of sp³-hybridized carbons (Fsp3) is 0.982. The summed E-state index contributed by atoms with van der Waals surface area (Å²) >= 11 is 0. The van der Waals surface area contributed by atoms with E-state index in [1.165, 1.54) is 270 Å². The second kappa shape index (κ2) is 44.9. The minimum Gasteiger partial charge on any atom is -0.342 e.